The lowest BCUT2D eigenvalue weighted by Gasteiger charge is -2.32. The van der Waals surface area contributed by atoms with Gasteiger partial charge in [0.2, 0.25) is 0 Å². The highest BCUT2D eigenvalue weighted by molar-refractivity contribution is 7.17. The molecule has 7 rings (SSSR count). The van der Waals surface area contributed by atoms with Crippen LogP contribution in [0.1, 0.15) is 22.3 Å². The Morgan fingerprint density at radius 2 is 1.13 bits per heavy atom. The molecule has 2 aliphatic carbocycles. The quantitative estimate of drug-likeness (QED) is 0.249. The van der Waals surface area contributed by atoms with Crippen LogP contribution in [-0.2, 0) is 5.41 Å². The van der Waals surface area contributed by atoms with Gasteiger partial charge in [-0.3, -0.25) is 0 Å². The lowest BCUT2D eigenvalue weighted by atomic mass is 9.69. The van der Waals surface area contributed by atoms with Gasteiger partial charge < -0.3 is 0 Å². The van der Waals surface area contributed by atoms with Crippen LogP contribution in [0.25, 0.3) is 38.4 Å². The Hall–Kier alpha value is -3.42. The number of hydrogen-bond donors (Lipinski definition) is 0. The zero-order chi connectivity index (χ0) is 19.7. The predicted molar refractivity (Wildman–Crippen MR) is 128 cm³/mol. The second-order valence-electron chi connectivity index (χ2n) is 8.14. The van der Waals surface area contributed by atoms with E-state index in [1.54, 1.807) is 0 Å². The number of hydrogen-bond acceptors (Lipinski definition) is 1. The summed E-state index contributed by atoms with van der Waals surface area (Å²) >= 11 is 1.84. The van der Waals surface area contributed by atoms with Gasteiger partial charge in [0.05, 0.1) is 5.41 Å². The van der Waals surface area contributed by atoms with E-state index in [0.717, 1.165) is 0 Å². The van der Waals surface area contributed by atoms with E-state index in [1.807, 2.05) is 11.3 Å². The monoisotopic (exact) mass is 398 g/mol. The molecule has 0 nitrogen and oxygen atoms in total. The zero-order valence-corrected chi connectivity index (χ0v) is 17.1. The highest BCUT2D eigenvalue weighted by Crippen LogP contribution is 2.56. The Labute approximate surface area is 179 Å². The molecule has 1 heterocycles. The molecule has 4 aromatic carbocycles. The Morgan fingerprint density at radius 1 is 0.533 bits per heavy atom. The highest BCUT2D eigenvalue weighted by atomic mass is 32.1. The van der Waals surface area contributed by atoms with Gasteiger partial charge in [0.1, 0.15) is 0 Å². The molecule has 0 fully saturated rings. The van der Waals surface area contributed by atoms with Crippen LogP contribution >= 0.6 is 11.3 Å². The van der Waals surface area contributed by atoms with Gasteiger partial charge in [-0.25, -0.2) is 0 Å². The lowest BCUT2D eigenvalue weighted by Crippen LogP contribution is -2.26. The maximum atomic E-state index is 2.44. The number of rotatable bonds is 0. The molecule has 2 aliphatic rings. The van der Waals surface area contributed by atoms with Crippen molar-refractivity contribution in [3.05, 3.63) is 125 Å². The molecule has 1 heteroatoms. The molecule has 0 bridgehead atoms. The Bertz CT molecular complexity index is 1430. The number of allylic oxidation sites excluding steroid dienone is 1. The zero-order valence-electron chi connectivity index (χ0n) is 16.3. The normalized spacial score (nSPS) is 14.8. The summed E-state index contributed by atoms with van der Waals surface area (Å²) in [6, 6.07) is 33.7. The summed E-state index contributed by atoms with van der Waals surface area (Å²) in [6.45, 7) is 0. The average Bonchev–Trinajstić information content (AvgIpc) is 3.42. The molecule has 1 aromatic heterocycles. The van der Waals surface area contributed by atoms with Gasteiger partial charge >= 0.3 is 0 Å². The third kappa shape index (κ3) is 1.91. The smallest absolute Gasteiger partial charge is 0.0653 e. The van der Waals surface area contributed by atoms with Gasteiger partial charge in [-0.05, 0) is 61.3 Å². The maximum absolute atomic E-state index is 2.44. The minimum atomic E-state index is -0.278. The minimum Gasteiger partial charge on any atom is -0.143 e. The minimum absolute atomic E-state index is 0.278. The molecule has 0 unspecified atom stereocenters. The molecule has 1 spiro atoms. The predicted octanol–water partition coefficient (Wildman–Crippen LogP) is 7.91. The third-order valence-electron chi connectivity index (χ3n) is 6.80. The van der Waals surface area contributed by atoms with Crippen LogP contribution in [0.3, 0.4) is 0 Å². The van der Waals surface area contributed by atoms with E-state index in [0.29, 0.717) is 0 Å². The maximum Gasteiger partial charge on any atom is 0.0653 e. The third-order valence-corrected chi connectivity index (χ3v) is 7.76. The van der Waals surface area contributed by atoms with Crippen molar-refractivity contribution in [1.82, 2.24) is 0 Å². The summed E-state index contributed by atoms with van der Waals surface area (Å²) in [6.07, 6.45) is 4.80. The van der Waals surface area contributed by atoms with Crippen LogP contribution < -0.4 is 0 Å². The van der Waals surface area contributed by atoms with Crippen molar-refractivity contribution in [2.75, 3.05) is 0 Å². The van der Waals surface area contributed by atoms with Crippen LogP contribution in [0.15, 0.2) is 102 Å². The Balaban J connectivity index is 1.70. The number of fused-ring (bicyclic) bond motifs is 11. The van der Waals surface area contributed by atoms with Gasteiger partial charge in [0, 0.05) is 4.70 Å². The molecule has 0 aliphatic heterocycles. The summed E-state index contributed by atoms with van der Waals surface area (Å²) < 4.78 is 1.39. The van der Waals surface area contributed by atoms with E-state index >= 15 is 0 Å². The van der Waals surface area contributed by atoms with E-state index in [9.17, 15) is 0 Å². The molecule has 0 radical (unpaired) electrons. The van der Waals surface area contributed by atoms with Crippen LogP contribution in [-0.4, -0.2) is 0 Å². The van der Waals surface area contributed by atoms with E-state index in [-0.39, 0.29) is 5.41 Å². The first-order chi connectivity index (χ1) is 14.9. The van der Waals surface area contributed by atoms with Gasteiger partial charge in [-0.1, -0.05) is 97.1 Å². The van der Waals surface area contributed by atoms with Crippen molar-refractivity contribution >= 4 is 27.5 Å². The summed E-state index contributed by atoms with van der Waals surface area (Å²) in [5, 5.41) is 3.54. The van der Waals surface area contributed by atoms with Gasteiger partial charge in [-0.2, -0.15) is 0 Å². The van der Waals surface area contributed by atoms with Crippen LogP contribution in [0.4, 0.5) is 0 Å². The van der Waals surface area contributed by atoms with Crippen LogP contribution in [0.5, 0.6) is 0 Å². The van der Waals surface area contributed by atoms with Crippen molar-refractivity contribution in [2.24, 2.45) is 0 Å². The fraction of sp³-hybridized carbons (Fsp3) is 0.0345. The molecule has 0 saturated carbocycles. The topological polar surface area (TPSA) is 0 Å². The van der Waals surface area contributed by atoms with E-state index < -0.39 is 0 Å². The Morgan fingerprint density at radius 3 is 1.80 bits per heavy atom. The Kier molecular flexibility index (Phi) is 3.17. The molecule has 0 N–H and O–H groups in total. The molecule has 0 amide bonds. The van der Waals surface area contributed by atoms with Crippen molar-refractivity contribution in [1.29, 1.82) is 0 Å². The number of thiophene rings is 1. The van der Waals surface area contributed by atoms with Crippen molar-refractivity contribution in [3.63, 3.8) is 0 Å². The van der Waals surface area contributed by atoms with Crippen molar-refractivity contribution < 1.29 is 0 Å². The fourth-order valence-electron chi connectivity index (χ4n) is 5.55. The standard InChI is InChI=1S/C29H18S/c1-2-8-21-20(7-1)22-9-3-5-11-25(22)29(26-12-6-4-10-23(21)26)17-15-24-27(29)14-13-19-16-18-30-28(19)24/h1-18H. The molecule has 5 aromatic rings. The van der Waals surface area contributed by atoms with Crippen LogP contribution in [0, 0.1) is 0 Å². The SMILES string of the molecule is C1=CC2(c3ccccc3-c3ccccc3-c3ccccc32)c2ccc3ccsc3c21. The van der Waals surface area contributed by atoms with Crippen molar-refractivity contribution in [3.8, 4) is 22.3 Å². The average molecular weight is 399 g/mol. The molecule has 0 atom stereocenters. The summed E-state index contributed by atoms with van der Waals surface area (Å²) in [5.74, 6) is 0. The van der Waals surface area contributed by atoms with E-state index in [1.165, 1.54) is 54.6 Å². The lowest BCUT2D eigenvalue weighted by molar-refractivity contribution is 0.803. The van der Waals surface area contributed by atoms with Crippen molar-refractivity contribution in [2.45, 2.75) is 5.41 Å². The second kappa shape index (κ2) is 5.81. The highest BCUT2D eigenvalue weighted by Gasteiger charge is 2.43. The molecule has 30 heavy (non-hydrogen) atoms. The molecular weight excluding hydrogens is 380 g/mol. The van der Waals surface area contributed by atoms with Crippen LogP contribution in [0.2, 0.25) is 0 Å². The molecule has 0 saturated heterocycles. The molecule has 140 valence electrons. The summed E-state index contributed by atoms with van der Waals surface area (Å²) in [7, 11) is 0. The summed E-state index contributed by atoms with van der Waals surface area (Å²) in [4.78, 5) is 0. The second-order valence-corrected chi connectivity index (χ2v) is 9.06. The first-order valence-corrected chi connectivity index (χ1v) is 11.2. The summed E-state index contributed by atoms with van der Waals surface area (Å²) in [5.41, 5.74) is 10.5. The van der Waals surface area contributed by atoms with Gasteiger partial charge in [0.25, 0.3) is 0 Å². The molecular formula is C29H18S. The number of benzene rings is 4. The van der Waals surface area contributed by atoms with Gasteiger partial charge in [-0.15, -0.1) is 11.3 Å². The largest absolute Gasteiger partial charge is 0.143 e. The van der Waals surface area contributed by atoms with E-state index in [4.69, 9.17) is 0 Å². The van der Waals surface area contributed by atoms with Gasteiger partial charge in [0.15, 0.2) is 0 Å². The first kappa shape index (κ1) is 16.4. The first-order valence-electron chi connectivity index (χ1n) is 10.4. The van der Waals surface area contributed by atoms with E-state index in [2.05, 4.69) is 109 Å². The fourth-order valence-corrected chi connectivity index (χ4v) is 6.48.